The molecule has 4 nitrogen and oxygen atoms in total. The zero-order chi connectivity index (χ0) is 13.9. The smallest absolute Gasteiger partial charge is 0.226 e. The Hall–Kier alpha value is -1.07. The van der Waals surface area contributed by atoms with Crippen molar-refractivity contribution in [1.29, 1.82) is 0 Å². The monoisotopic (exact) mass is 327 g/mol. The number of hydrogen-bond acceptors (Lipinski definition) is 4. The Morgan fingerprint density at radius 2 is 2.29 bits per heavy atom. The Kier molecular flexibility index (Phi) is 5.65. The van der Waals surface area contributed by atoms with Gasteiger partial charge in [0.15, 0.2) is 0 Å². The number of halogens is 2. The Morgan fingerprint density at radius 3 is 3.05 bits per heavy atom. The van der Waals surface area contributed by atoms with Gasteiger partial charge in [-0.25, -0.2) is 4.98 Å². The van der Waals surface area contributed by atoms with Gasteiger partial charge in [0.05, 0.1) is 5.69 Å². The first-order valence-corrected chi connectivity index (χ1v) is 7.28. The van der Waals surface area contributed by atoms with Crippen LogP contribution >= 0.6 is 24.0 Å². The second-order valence-corrected chi connectivity index (χ2v) is 5.59. The van der Waals surface area contributed by atoms with Gasteiger partial charge in [0, 0.05) is 29.7 Å². The van der Waals surface area contributed by atoms with Gasteiger partial charge in [0.2, 0.25) is 5.89 Å². The molecule has 0 aliphatic carbocycles. The fourth-order valence-electron chi connectivity index (χ4n) is 2.71. The molecule has 0 radical (unpaired) electrons. The average molecular weight is 328 g/mol. The van der Waals surface area contributed by atoms with Gasteiger partial charge < -0.3 is 10.2 Å². The molecule has 1 aliphatic heterocycles. The Bertz CT molecular complexity index is 588. The predicted octanol–water partition coefficient (Wildman–Crippen LogP) is 3.34. The van der Waals surface area contributed by atoms with Crippen molar-refractivity contribution in [2.45, 2.75) is 25.4 Å². The van der Waals surface area contributed by atoms with E-state index in [0.29, 0.717) is 23.5 Å². The summed E-state index contributed by atoms with van der Waals surface area (Å²) in [5.41, 5.74) is 7.64. The molecule has 3 rings (SSSR count). The van der Waals surface area contributed by atoms with Crippen LogP contribution in [-0.4, -0.2) is 29.0 Å². The van der Waals surface area contributed by atoms with Crippen molar-refractivity contribution in [3.63, 3.8) is 0 Å². The first-order valence-electron chi connectivity index (χ1n) is 6.91. The molecule has 1 unspecified atom stereocenters. The van der Waals surface area contributed by atoms with Crippen LogP contribution in [0.3, 0.4) is 0 Å². The van der Waals surface area contributed by atoms with Gasteiger partial charge >= 0.3 is 0 Å². The summed E-state index contributed by atoms with van der Waals surface area (Å²) in [6.07, 6.45) is 4.11. The van der Waals surface area contributed by atoms with E-state index in [1.54, 1.807) is 6.26 Å². The van der Waals surface area contributed by atoms with E-state index in [1.807, 2.05) is 24.3 Å². The van der Waals surface area contributed by atoms with Crippen molar-refractivity contribution < 1.29 is 4.42 Å². The fourth-order valence-corrected chi connectivity index (χ4v) is 2.90. The lowest BCUT2D eigenvalue weighted by molar-refractivity contribution is 0.247. The first kappa shape index (κ1) is 16.3. The van der Waals surface area contributed by atoms with E-state index in [-0.39, 0.29) is 12.4 Å². The number of benzene rings is 1. The summed E-state index contributed by atoms with van der Waals surface area (Å²) in [5, 5.41) is 0.685. The molecule has 1 aromatic carbocycles. The highest BCUT2D eigenvalue weighted by molar-refractivity contribution is 6.30. The molecule has 0 amide bonds. The second-order valence-electron chi connectivity index (χ2n) is 5.16. The van der Waals surface area contributed by atoms with Gasteiger partial charge in [0.1, 0.15) is 6.26 Å². The molecule has 2 aromatic rings. The van der Waals surface area contributed by atoms with Gasteiger partial charge in [-0.1, -0.05) is 17.7 Å². The molecule has 2 heterocycles. The van der Waals surface area contributed by atoms with Crippen LogP contribution in [0.15, 0.2) is 34.9 Å². The summed E-state index contributed by atoms with van der Waals surface area (Å²) in [4.78, 5) is 6.92. The lowest BCUT2D eigenvalue weighted by Crippen LogP contribution is -2.34. The summed E-state index contributed by atoms with van der Waals surface area (Å²) in [7, 11) is 0. The number of oxazole rings is 1. The van der Waals surface area contributed by atoms with Gasteiger partial charge in [-0.3, -0.25) is 4.90 Å². The van der Waals surface area contributed by atoms with Gasteiger partial charge in [-0.15, -0.1) is 12.4 Å². The summed E-state index contributed by atoms with van der Waals surface area (Å²) in [5.74, 6) is 0.617. The number of nitrogens with zero attached hydrogens (tertiary/aromatic N) is 2. The standard InChI is InChI=1S/C15H18ClN3O.ClH/c16-12-4-1-3-11(7-12)15-18-13(10-20-15)9-19-6-2-5-14(19)8-17;/h1,3-4,7,10,14H,2,5-6,8-9,17H2;1H. The second kappa shape index (κ2) is 7.27. The van der Waals surface area contributed by atoms with Crippen LogP contribution in [0.5, 0.6) is 0 Å². The van der Waals surface area contributed by atoms with Crippen LogP contribution in [0.2, 0.25) is 5.02 Å². The molecular weight excluding hydrogens is 309 g/mol. The summed E-state index contributed by atoms with van der Waals surface area (Å²) >= 11 is 5.99. The van der Waals surface area contributed by atoms with E-state index in [1.165, 1.54) is 12.8 Å². The molecule has 2 N–H and O–H groups in total. The third kappa shape index (κ3) is 3.77. The van der Waals surface area contributed by atoms with E-state index in [4.69, 9.17) is 21.8 Å². The number of likely N-dealkylation sites (tertiary alicyclic amines) is 1. The Balaban J connectivity index is 0.00000161. The highest BCUT2D eigenvalue weighted by Gasteiger charge is 2.24. The molecular formula is C15H19Cl2N3O. The van der Waals surface area contributed by atoms with E-state index >= 15 is 0 Å². The van der Waals surface area contributed by atoms with E-state index in [0.717, 1.165) is 24.3 Å². The van der Waals surface area contributed by atoms with Crippen LogP contribution in [0.1, 0.15) is 18.5 Å². The fraction of sp³-hybridized carbons (Fsp3) is 0.400. The lowest BCUT2D eigenvalue weighted by atomic mass is 10.2. The van der Waals surface area contributed by atoms with E-state index in [2.05, 4.69) is 9.88 Å². The lowest BCUT2D eigenvalue weighted by Gasteiger charge is -2.21. The zero-order valence-electron chi connectivity index (χ0n) is 11.7. The summed E-state index contributed by atoms with van der Waals surface area (Å²) in [6.45, 7) is 2.59. The SMILES string of the molecule is Cl.NCC1CCCN1Cc1coc(-c2cccc(Cl)c2)n1. The molecule has 1 saturated heterocycles. The number of nitrogens with two attached hydrogens (primary N) is 1. The third-order valence-corrected chi connectivity index (χ3v) is 3.99. The quantitative estimate of drug-likeness (QED) is 0.935. The maximum atomic E-state index is 5.99. The van der Waals surface area contributed by atoms with Crippen LogP contribution in [-0.2, 0) is 6.54 Å². The van der Waals surface area contributed by atoms with Crippen molar-refractivity contribution in [3.8, 4) is 11.5 Å². The average Bonchev–Trinajstić information content (AvgIpc) is 3.08. The predicted molar refractivity (Wildman–Crippen MR) is 86.7 cm³/mol. The topological polar surface area (TPSA) is 55.3 Å². The van der Waals surface area contributed by atoms with Crippen molar-refractivity contribution in [2.75, 3.05) is 13.1 Å². The molecule has 0 spiro atoms. The Morgan fingerprint density at radius 1 is 1.43 bits per heavy atom. The van der Waals surface area contributed by atoms with Gasteiger partial charge in [0.25, 0.3) is 0 Å². The normalized spacial score (nSPS) is 18.7. The van der Waals surface area contributed by atoms with Crippen molar-refractivity contribution in [3.05, 3.63) is 41.2 Å². The summed E-state index contributed by atoms with van der Waals surface area (Å²) < 4.78 is 5.56. The molecule has 1 aliphatic rings. The summed E-state index contributed by atoms with van der Waals surface area (Å²) in [6, 6.07) is 8.01. The molecule has 6 heteroatoms. The number of hydrogen-bond donors (Lipinski definition) is 1. The van der Waals surface area contributed by atoms with Crippen LogP contribution in [0, 0.1) is 0 Å². The maximum Gasteiger partial charge on any atom is 0.226 e. The molecule has 114 valence electrons. The molecule has 0 bridgehead atoms. The maximum absolute atomic E-state index is 5.99. The highest BCUT2D eigenvalue weighted by atomic mass is 35.5. The van der Waals surface area contributed by atoms with Crippen LogP contribution in [0.25, 0.3) is 11.5 Å². The minimum absolute atomic E-state index is 0. The molecule has 21 heavy (non-hydrogen) atoms. The third-order valence-electron chi connectivity index (χ3n) is 3.76. The van der Waals surface area contributed by atoms with Crippen molar-refractivity contribution in [1.82, 2.24) is 9.88 Å². The van der Waals surface area contributed by atoms with E-state index < -0.39 is 0 Å². The van der Waals surface area contributed by atoms with Gasteiger partial charge in [-0.05, 0) is 37.6 Å². The van der Waals surface area contributed by atoms with Crippen LogP contribution < -0.4 is 5.73 Å². The number of aromatic nitrogens is 1. The van der Waals surface area contributed by atoms with Crippen LogP contribution in [0.4, 0.5) is 0 Å². The first-order chi connectivity index (χ1) is 9.76. The molecule has 1 atom stereocenters. The number of rotatable bonds is 4. The minimum atomic E-state index is 0. The van der Waals surface area contributed by atoms with Crippen molar-refractivity contribution >= 4 is 24.0 Å². The van der Waals surface area contributed by atoms with E-state index in [9.17, 15) is 0 Å². The molecule has 1 fully saturated rings. The minimum Gasteiger partial charge on any atom is -0.444 e. The molecule has 0 saturated carbocycles. The van der Waals surface area contributed by atoms with Gasteiger partial charge in [-0.2, -0.15) is 0 Å². The molecule has 1 aromatic heterocycles. The Labute approximate surface area is 135 Å². The zero-order valence-corrected chi connectivity index (χ0v) is 13.2. The van der Waals surface area contributed by atoms with Crippen molar-refractivity contribution in [2.24, 2.45) is 5.73 Å². The highest BCUT2D eigenvalue weighted by Crippen LogP contribution is 2.24. The largest absolute Gasteiger partial charge is 0.444 e.